The number of ether oxygens (including phenoxy) is 1. The van der Waals surface area contributed by atoms with E-state index in [9.17, 15) is 18.3 Å². The molecule has 0 bridgehead atoms. The van der Waals surface area contributed by atoms with Gasteiger partial charge in [0.25, 0.3) is 0 Å². The van der Waals surface area contributed by atoms with Gasteiger partial charge in [-0.3, -0.25) is 0 Å². The summed E-state index contributed by atoms with van der Waals surface area (Å²) in [5.41, 5.74) is -0.226. The van der Waals surface area contributed by atoms with Crippen LogP contribution in [0, 0.1) is 0 Å². The van der Waals surface area contributed by atoms with E-state index >= 15 is 0 Å². The van der Waals surface area contributed by atoms with Crippen LogP contribution in [0.3, 0.4) is 0 Å². The van der Waals surface area contributed by atoms with Crippen LogP contribution in [0.4, 0.5) is 13.2 Å². The van der Waals surface area contributed by atoms with E-state index in [4.69, 9.17) is 0 Å². The van der Waals surface area contributed by atoms with Crippen molar-refractivity contribution < 1.29 is 23.0 Å². The van der Waals surface area contributed by atoms with Gasteiger partial charge in [-0.1, -0.05) is 72.8 Å². The predicted molar refractivity (Wildman–Crippen MR) is 88.1 cm³/mol. The molecule has 25 heavy (non-hydrogen) atoms. The van der Waals surface area contributed by atoms with Gasteiger partial charge in [-0.05, 0) is 28.8 Å². The summed E-state index contributed by atoms with van der Waals surface area (Å²) in [5.74, 6) is -0.379. The molecule has 0 unspecified atom stereocenters. The largest absolute Gasteiger partial charge is 0.573 e. The molecule has 0 radical (unpaired) electrons. The minimum Gasteiger partial charge on any atom is -0.406 e. The standard InChI is InChI=1S/C20H15F3O2/c21-20(22,23)25-18-13-7-12-17(14-18)19(24,15-8-3-1-4-9-15)16-10-5-2-6-11-16/h1-14,24H. The van der Waals surface area contributed by atoms with Crippen molar-refractivity contribution in [2.24, 2.45) is 0 Å². The smallest absolute Gasteiger partial charge is 0.406 e. The lowest BCUT2D eigenvalue weighted by atomic mass is 9.80. The maximum Gasteiger partial charge on any atom is 0.573 e. The molecule has 128 valence electrons. The second kappa shape index (κ2) is 6.61. The predicted octanol–water partition coefficient (Wildman–Crippen LogP) is 4.87. The molecule has 0 aliphatic rings. The first kappa shape index (κ1) is 17.0. The Labute approximate surface area is 143 Å². The number of benzene rings is 3. The third-order valence-corrected chi connectivity index (χ3v) is 3.87. The van der Waals surface area contributed by atoms with Crippen LogP contribution in [-0.2, 0) is 5.60 Å². The van der Waals surface area contributed by atoms with Gasteiger partial charge < -0.3 is 9.84 Å². The van der Waals surface area contributed by atoms with E-state index in [1.165, 1.54) is 18.2 Å². The van der Waals surface area contributed by atoms with E-state index in [0.717, 1.165) is 0 Å². The van der Waals surface area contributed by atoms with Gasteiger partial charge in [0.1, 0.15) is 11.4 Å². The third kappa shape index (κ3) is 3.67. The average Bonchev–Trinajstić information content (AvgIpc) is 2.61. The van der Waals surface area contributed by atoms with Gasteiger partial charge in [-0.25, -0.2) is 0 Å². The zero-order valence-electron chi connectivity index (χ0n) is 13.1. The van der Waals surface area contributed by atoms with Crippen molar-refractivity contribution in [1.82, 2.24) is 0 Å². The minimum atomic E-state index is -4.80. The second-order valence-electron chi connectivity index (χ2n) is 5.52. The highest BCUT2D eigenvalue weighted by atomic mass is 19.4. The molecule has 1 N–H and O–H groups in total. The molecule has 0 heterocycles. The van der Waals surface area contributed by atoms with Gasteiger partial charge in [0.15, 0.2) is 0 Å². The lowest BCUT2D eigenvalue weighted by Gasteiger charge is -2.30. The highest BCUT2D eigenvalue weighted by molar-refractivity contribution is 5.48. The summed E-state index contributed by atoms with van der Waals surface area (Å²) >= 11 is 0. The van der Waals surface area contributed by atoms with Crippen molar-refractivity contribution in [2.75, 3.05) is 0 Å². The number of rotatable bonds is 4. The summed E-state index contributed by atoms with van der Waals surface area (Å²) in [5, 5.41) is 11.5. The second-order valence-corrected chi connectivity index (χ2v) is 5.52. The van der Waals surface area contributed by atoms with E-state index in [2.05, 4.69) is 4.74 Å². The van der Waals surface area contributed by atoms with Crippen molar-refractivity contribution in [3.63, 3.8) is 0 Å². The molecular formula is C20H15F3O2. The van der Waals surface area contributed by atoms with E-state index in [-0.39, 0.29) is 11.3 Å². The molecule has 2 nitrogen and oxygen atoms in total. The summed E-state index contributed by atoms with van der Waals surface area (Å²) < 4.78 is 41.6. The van der Waals surface area contributed by atoms with Gasteiger partial charge in [-0.15, -0.1) is 13.2 Å². The average molecular weight is 344 g/mol. The molecule has 0 fully saturated rings. The Hall–Kier alpha value is -2.79. The van der Waals surface area contributed by atoms with Crippen LogP contribution in [0.1, 0.15) is 16.7 Å². The molecule has 5 heteroatoms. The minimum absolute atomic E-state index is 0.284. The molecule has 0 aliphatic carbocycles. The lowest BCUT2D eigenvalue weighted by molar-refractivity contribution is -0.274. The fourth-order valence-corrected chi connectivity index (χ4v) is 2.78. The molecule has 0 aromatic heterocycles. The summed E-state index contributed by atoms with van der Waals surface area (Å²) in [6.07, 6.45) is -4.80. The highest BCUT2D eigenvalue weighted by Gasteiger charge is 2.35. The topological polar surface area (TPSA) is 29.5 Å². The van der Waals surface area contributed by atoms with Crippen molar-refractivity contribution in [3.05, 3.63) is 102 Å². The third-order valence-electron chi connectivity index (χ3n) is 3.87. The van der Waals surface area contributed by atoms with E-state index in [0.29, 0.717) is 11.1 Å². The molecule has 3 aromatic rings. The fourth-order valence-electron chi connectivity index (χ4n) is 2.78. The summed E-state index contributed by atoms with van der Waals surface area (Å²) in [6.45, 7) is 0. The van der Waals surface area contributed by atoms with Crippen LogP contribution in [0.2, 0.25) is 0 Å². The van der Waals surface area contributed by atoms with Crippen molar-refractivity contribution in [1.29, 1.82) is 0 Å². The van der Waals surface area contributed by atoms with Gasteiger partial charge in [0.2, 0.25) is 0 Å². The Morgan fingerprint density at radius 2 is 1.12 bits per heavy atom. The number of aliphatic hydroxyl groups is 1. The number of halogens is 3. The summed E-state index contributed by atoms with van der Waals surface area (Å²) in [6, 6.07) is 23.0. The molecule has 0 saturated carbocycles. The SMILES string of the molecule is OC(c1ccccc1)(c1ccccc1)c1cccc(OC(F)(F)F)c1. The number of hydrogen-bond donors (Lipinski definition) is 1. The molecule has 3 aromatic carbocycles. The van der Waals surface area contributed by atoms with Gasteiger partial charge in [-0.2, -0.15) is 0 Å². The van der Waals surface area contributed by atoms with Crippen molar-refractivity contribution >= 4 is 0 Å². The van der Waals surface area contributed by atoms with E-state index in [1.807, 2.05) is 0 Å². The molecule has 0 saturated heterocycles. The van der Waals surface area contributed by atoms with E-state index < -0.39 is 12.0 Å². The number of hydrogen-bond acceptors (Lipinski definition) is 2. The van der Waals surface area contributed by atoms with Crippen LogP contribution in [-0.4, -0.2) is 11.5 Å². The Balaban J connectivity index is 2.15. The Bertz CT molecular complexity index is 791. The van der Waals surface area contributed by atoms with Crippen LogP contribution in [0.25, 0.3) is 0 Å². The summed E-state index contributed by atoms with van der Waals surface area (Å²) in [7, 11) is 0. The Kier molecular flexibility index (Phi) is 4.51. The first-order chi connectivity index (χ1) is 11.9. The van der Waals surface area contributed by atoms with E-state index in [1.54, 1.807) is 66.7 Å². The van der Waals surface area contributed by atoms with Crippen molar-refractivity contribution in [2.45, 2.75) is 12.0 Å². The maximum atomic E-state index is 12.5. The number of alkyl halides is 3. The van der Waals surface area contributed by atoms with Gasteiger partial charge in [0.05, 0.1) is 0 Å². The molecule has 0 aliphatic heterocycles. The first-order valence-corrected chi connectivity index (χ1v) is 7.59. The quantitative estimate of drug-likeness (QED) is 0.684. The zero-order chi connectivity index (χ0) is 17.9. The molecule has 0 spiro atoms. The molecular weight excluding hydrogens is 329 g/mol. The summed E-state index contributed by atoms with van der Waals surface area (Å²) in [4.78, 5) is 0. The van der Waals surface area contributed by atoms with Crippen LogP contribution in [0.5, 0.6) is 5.75 Å². The first-order valence-electron chi connectivity index (χ1n) is 7.59. The zero-order valence-corrected chi connectivity index (χ0v) is 13.1. The van der Waals surface area contributed by atoms with Crippen molar-refractivity contribution in [3.8, 4) is 5.75 Å². The Morgan fingerprint density at radius 3 is 1.60 bits per heavy atom. The fraction of sp³-hybridized carbons (Fsp3) is 0.100. The van der Waals surface area contributed by atoms with Gasteiger partial charge >= 0.3 is 6.36 Å². The van der Waals surface area contributed by atoms with Crippen LogP contribution < -0.4 is 4.74 Å². The molecule has 0 atom stereocenters. The van der Waals surface area contributed by atoms with Crippen LogP contribution >= 0.6 is 0 Å². The molecule has 0 amide bonds. The Morgan fingerprint density at radius 1 is 0.640 bits per heavy atom. The highest BCUT2D eigenvalue weighted by Crippen LogP contribution is 2.38. The monoisotopic (exact) mass is 344 g/mol. The van der Waals surface area contributed by atoms with Crippen LogP contribution in [0.15, 0.2) is 84.9 Å². The lowest BCUT2D eigenvalue weighted by Crippen LogP contribution is -2.29. The van der Waals surface area contributed by atoms with Gasteiger partial charge in [0, 0.05) is 0 Å². The maximum absolute atomic E-state index is 12.5. The molecule has 3 rings (SSSR count). The normalized spacial score (nSPS) is 12.0.